The van der Waals surface area contributed by atoms with Gasteiger partial charge in [0.25, 0.3) is 0 Å². The van der Waals surface area contributed by atoms with Crippen molar-refractivity contribution in [3.63, 3.8) is 0 Å². The maximum atomic E-state index is 11.9. The minimum absolute atomic E-state index is 0.194. The van der Waals surface area contributed by atoms with E-state index >= 15 is 0 Å². The predicted octanol–water partition coefficient (Wildman–Crippen LogP) is 0.0766. The standard InChI is InChI=1S/C10H17NO4S/c1-7(6-16(2)15)9(12)11-5-3-4-8(11)10(13)14/h7-8H,3-6H2,1-2H3,(H,13,14)/t7-,8+,16-/m1/s1. The number of hydrogen-bond donors (Lipinski definition) is 1. The summed E-state index contributed by atoms with van der Waals surface area (Å²) in [5.74, 6) is -1.22. The molecule has 3 atom stereocenters. The van der Waals surface area contributed by atoms with Gasteiger partial charge in [-0.1, -0.05) is 6.92 Å². The molecule has 16 heavy (non-hydrogen) atoms. The molecule has 0 aromatic carbocycles. The van der Waals surface area contributed by atoms with Gasteiger partial charge >= 0.3 is 5.97 Å². The minimum atomic E-state index is -1.03. The van der Waals surface area contributed by atoms with Gasteiger partial charge in [0.15, 0.2) is 0 Å². The van der Waals surface area contributed by atoms with Crippen LogP contribution in [-0.4, -0.2) is 50.7 Å². The first kappa shape index (κ1) is 13.2. The lowest BCUT2D eigenvalue weighted by Gasteiger charge is -2.24. The van der Waals surface area contributed by atoms with Crippen LogP contribution in [-0.2, 0) is 20.4 Å². The van der Waals surface area contributed by atoms with Crippen LogP contribution >= 0.6 is 0 Å². The number of rotatable bonds is 4. The molecule has 1 N–H and O–H groups in total. The summed E-state index contributed by atoms with van der Waals surface area (Å²) in [6.07, 6.45) is 2.79. The van der Waals surface area contributed by atoms with Crippen LogP contribution < -0.4 is 0 Å². The Morgan fingerprint density at radius 3 is 2.69 bits per heavy atom. The van der Waals surface area contributed by atoms with Crippen LogP contribution in [0.4, 0.5) is 0 Å². The average molecular weight is 247 g/mol. The Morgan fingerprint density at radius 1 is 1.56 bits per heavy atom. The Kier molecular flexibility index (Phi) is 4.46. The molecule has 0 bridgehead atoms. The lowest BCUT2D eigenvalue weighted by Crippen LogP contribution is -2.43. The van der Waals surface area contributed by atoms with Crippen LogP contribution in [0.3, 0.4) is 0 Å². The third-order valence-electron chi connectivity index (χ3n) is 2.73. The quantitative estimate of drug-likeness (QED) is 0.763. The molecule has 0 aromatic heterocycles. The molecule has 6 heteroatoms. The third kappa shape index (κ3) is 3.04. The van der Waals surface area contributed by atoms with Crippen LogP contribution in [0.15, 0.2) is 0 Å². The summed E-state index contributed by atoms with van der Waals surface area (Å²) in [6, 6.07) is -0.694. The van der Waals surface area contributed by atoms with Crippen molar-refractivity contribution in [2.75, 3.05) is 18.6 Å². The Hall–Kier alpha value is -0.910. The fourth-order valence-electron chi connectivity index (χ4n) is 1.99. The highest BCUT2D eigenvalue weighted by Crippen LogP contribution is 2.20. The summed E-state index contributed by atoms with van der Waals surface area (Å²) >= 11 is 0. The largest absolute Gasteiger partial charge is 0.480 e. The van der Waals surface area contributed by atoms with Crippen molar-refractivity contribution in [3.8, 4) is 0 Å². The first-order valence-electron chi connectivity index (χ1n) is 5.26. The zero-order valence-corrected chi connectivity index (χ0v) is 10.3. The number of carboxylic acids is 1. The van der Waals surface area contributed by atoms with E-state index in [9.17, 15) is 13.8 Å². The van der Waals surface area contributed by atoms with Gasteiger partial charge in [-0.05, 0) is 12.8 Å². The number of nitrogens with zero attached hydrogens (tertiary/aromatic N) is 1. The van der Waals surface area contributed by atoms with Crippen LogP contribution in [0.1, 0.15) is 19.8 Å². The van der Waals surface area contributed by atoms with E-state index in [0.29, 0.717) is 18.7 Å². The van der Waals surface area contributed by atoms with Crippen LogP contribution in [0.25, 0.3) is 0 Å². The second-order valence-electron chi connectivity index (χ2n) is 4.17. The molecule has 1 amide bonds. The minimum Gasteiger partial charge on any atom is -0.480 e. The Bertz CT molecular complexity index is 318. The van der Waals surface area contributed by atoms with Crippen molar-refractivity contribution in [2.24, 2.45) is 5.92 Å². The van der Waals surface area contributed by atoms with E-state index in [1.165, 1.54) is 4.90 Å². The van der Waals surface area contributed by atoms with Crippen LogP contribution in [0.2, 0.25) is 0 Å². The van der Waals surface area contributed by atoms with Crippen molar-refractivity contribution in [2.45, 2.75) is 25.8 Å². The van der Waals surface area contributed by atoms with Gasteiger partial charge in [0.05, 0.1) is 0 Å². The van der Waals surface area contributed by atoms with Gasteiger partial charge in [-0.3, -0.25) is 9.00 Å². The summed E-state index contributed by atoms with van der Waals surface area (Å²) < 4.78 is 11.0. The first-order valence-corrected chi connectivity index (χ1v) is 6.99. The van der Waals surface area contributed by atoms with Crippen LogP contribution in [0, 0.1) is 5.92 Å². The number of amides is 1. The predicted molar refractivity (Wildman–Crippen MR) is 60.5 cm³/mol. The number of hydrogen-bond acceptors (Lipinski definition) is 3. The molecule has 1 heterocycles. The molecule has 0 aliphatic carbocycles. The number of carbonyl (C=O) groups is 2. The molecule has 1 fully saturated rings. The summed E-state index contributed by atoms with van der Waals surface area (Å²) in [4.78, 5) is 24.2. The Morgan fingerprint density at radius 2 is 2.19 bits per heavy atom. The van der Waals surface area contributed by atoms with Gasteiger partial charge in [-0.25, -0.2) is 4.79 Å². The number of carboxylic acid groups (broad SMARTS) is 1. The normalized spacial score (nSPS) is 24.1. The summed E-state index contributed by atoms with van der Waals surface area (Å²) in [5, 5.41) is 8.94. The monoisotopic (exact) mass is 247 g/mol. The average Bonchev–Trinajstić information content (AvgIpc) is 2.63. The molecule has 0 aromatic rings. The van der Waals surface area contributed by atoms with Gasteiger partial charge < -0.3 is 10.0 Å². The molecule has 0 unspecified atom stereocenters. The Labute approximate surface area is 97.3 Å². The van der Waals surface area contributed by atoms with E-state index < -0.39 is 22.8 Å². The highest BCUT2D eigenvalue weighted by atomic mass is 32.2. The molecular weight excluding hydrogens is 230 g/mol. The van der Waals surface area contributed by atoms with Crippen molar-refractivity contribution >= 4 is 22.7 Å². The van der Waals surface area contributed by atoms with Gasteiger partial charge in [0.2, 0.25) is 5.91 Å². The van der Waals surface area contributed by atoms with Gasteiger partial charge in [0.1, 0.15) is 6.04 Å². The zero-order valence-electron chi connectivity index (χ0n) is 9.51. The molecular formula is C10H17NO4S. The van der Waals surface area contributed by atoms with E-state index in [4.69, 9.17) is 5.11 Å². The van der Waals surface area contributed by atoms with Crippen LogP contribution in [0.5, 0.6) is 0 Å². The lowest BCUT2D eigenvalue weighted by molar-refractivity contribution is -0.149. The molecule has 92 valence electrons. The fraction of sp³-hybridized carbons (Fsp3) is 0.800. The smallest absolute Gasteiger partial charge is 0.326 e. The van der Waals surface area contributed by atoms with Crippen molar-refractivity contribution in [1.29, 1.82) is 0 Å². The van der Waals surface area contributed by atoms with Gasteiger partial charge in [0, 0.05) is 35.3 Å². The molecule has 0 radical (unpaired) electrons. The van der Waals surface area contributed by atoms with E-state index in [2.05, 4.69) is 0 Å². The topological polar surface area (TPSA) is 74.7 Å². The van der Waals surface area contributed by atoms with Gasteiger partial charge in [-0.2, -0.15) is 0 Å². The highest BCUT2D eigenvalue weighted by molar-refractivity contribution is 7.84. The maximum absolute atomic E-state index is 11.9. The zero-order chi connectivity index (χ0) is 12.3. The SMILES string of the molecule is C[C@H](C[S@@](C)=O)C(=O)N1CCC[C@H]1C(=O)O. The first-order chi connectivity index (χ1) is 7.43. The van der Waals surface area contributed by atoms with Crippen molar-refractivity contribution in [1.82, 2.24) is 4.90 Å². The molecule has 1 aliphatic heterocycles. The summed E-state index contributed by atoms with van der Waals surface area (Å²) in [6.45, 7) is 2.19. The lowest BCUT2D eigenvalue weighted by atomic mass is 10.1. The summed E-state index contributed by atoms with van der Waals surface area (Å²) in [5.41, 5.74) is 0. The molecule has 5 nitrogen and oxygen atoms in total. The molecule has 1 rings (SSSR count). The fourth-order valence-corrected chi connectivity index (χ4v) is 2.84. The summed E-state index contributed by atoms with van der Waals surface area (Å²) in [7, 11) is -1.03. The number of likely N-dealkylation sites (tertiary alicyclic amines) is 1. The van der Waals surface area contributed by atoms with E-state index in [1.807, 2.05) is 0 Å². The molecule has 1 saturated heterocycles. The van der Waals surface area contributed by atoms with Crippen molar-refractivity contribution < 1.29 is 18.9 Å². The van der Waals surface area contributed by atoms with E-state index in [0.717, 1.165) is 6.42 Å². The molecule has 1 aliphatic rings. The second kappa shape index (κ2) is 5.43. The van der Waals surface area contributed by atoms with Gasteiger partial charge in [-0.15, -0.1) is 0 Å². The molecule has 0 saturated carbocycles. The number of carbonyl (C=O) groups excluding carboxylic acids is 1. The third-order valence-corrected chi connectivity index (χ3v) is 3.70. The Balaban J connectivity index is 2.65. The molecule has 0 spiro atoms. The van der Waals surface area contributed by atoms with E-state index in [1.54, 1.807) is 13.2 Å². The maximum Gasteiger partial charge on any atom is 0.326 e. The highest BCUT2D eigenvalue weighted by Gasteiger charge is 2.35. The van der Waals surface area contributed by atoms with E-state index in [-0.39, 0.29) is 11.8 Å². The van der Waals surface area contributed by atoms with Crippen molar-refractivity contribution in [3.05, 3.63) is 0 Å². The second-order valence-corrected chi connectivity index (χ2v) is 5.65. The number of aliphatic carboxylic acids is 1.